The minimum Gasteiger partial charge on any atom is -0.481 e. The van der Waals surface area contributed by atoms with Crippen LogP contribution in [0.3, 0.4) is 0 Å². The van der Waals surface area contributed by atoms with Gasteiger partial charge in [-0.05, 0) is 6.92 Å². The van der Waals surface area contributed by atoms with E-state index in [1.54, 1.807) is 4.68 Å². The van der Waals surface area contributed by atoms with Crippen LogP contribution in [-0.2, 0) is 23.1 Å². The molecule has 19 heavy (non-hydrogen) atoms. The van der Waals surface area contributed by atoms with Gasteiger partial charge in [0.2, 0.25) is 0 Å². The van der Waals surface area contributed by atoms with E-state index in [9.17, 15) is 4.79 Å². The molecular formula is C12H18ClN3O3. The number of hydrogen-bond donors (Lipinski definition) is 1. The molecule has 1 aromatic heterocycles. The van der Waals surface area contributed by atoms with Crippen molar-refractivity contribution in [3.63, 3.8) is 0 Å². The van der Waals surface area contributed by atoms with Gasteiger partial charge in [-0.25, -0.2) is 0 Å². The molecule has 106 valence electrons. The number of nitrogens with zero attached hydrogens (tertiary/aromatic N) is 3. The molecule has 2 rings (SSSR count). The summed E-state index contributed by atoms with van der Waals surface area (Å²) in [5, 5.41) is 13.9. The van der Waals surface area contributed by atoms with Crippen LogP contribution in [-0.4, -0.2) is 51.6 Å². The van der Waals surface area contributed by atoms with Gasteiger partial charge in [0.15, 0.2) is 0 Å². The minimum atomic E-state index is -0.812. The summed E-state index contributed by atoms with van der Waals surface area (Å²) in [7, 11) is 1.85. The summed E-state index contributed by atoms with van der Waals surface area (Å²) in [6, 6.07) is -0.113. The molecule has 1 N–H and O–H groups in total. The lowest BCUT2D eigenvalue weighted by Gasteiger charge is -2.34. The Morgan fingerprint density at radius 3 is 2.95 bits per heavy atom. The van der Waals surface area contributed by atoms with Crippen molar-refractivity contribution >= 4 is 17.6 Å². The third-order valence-corrected chi connectivity index (χ3v) is 3.87. The summed E-state index contributed by atoms with van der Waals surface area (Å²) in [5.74, 6) is -0.812. The lowest BCUT2D eigenvalue weighted by molar-refractivity contribution is -0.140. The molecule has 0 radical (unpaired) electrons. The Morgan fingerprint density at radius 1 is 1.63 bits per heavy atom. The number of aliphatic carboxylic acids is 1. The Balaban J connectivity index is 2.12. The average molecular weight is 288 g/mol. The number of carbonyl (C=O) groups is 1. The highest BCUT2D eigenvalue weighted by Gasteiger charge is 2.27. The second-order valence-electron chi connectivity index (χ2n) is 4.77. The Hall–Kier alpha value is -1.11. The maximum Gasteiger partial charge on any atom is 0.305 e. The summed E-state index contributed by atoms with van der Waals surface area (Å²) < 4.78 is 7.11. The topological polar surface area (TPSA) is 67.6 Å². The average Bonchev–Trinajstić information content (AvgIpc) is 2.57. The van der Waals surface area contributed by atoms with Gasteiger partial charge in [-0.15, -0.1) is 0 Å². The molecule has 1 atom stereocenters. The predicted octanol–water partition coefficient (Wildman–Crippen LogP) is 1.06. The number of morpholine rings is 1. The van der Waals surface area contributed by atoms with E-state index in [0.29, 0.717) is 31.3 Å². The number of aromatic nitrogens is 2. The maximum absolute atomic E-state index is 10.9. The zero-order chi connectivity index (χ0) is 14.0. The third kappa shape index (κ3) is 3.26. The molecule has 0 bridgehead atoms. The summed E-state index contributed by atoms with van der Waals surface area (Å²) in [6.45, 7) is 4.22. The predicted molar refractivity (Wildman–Crippen MR) is 70.2 cm³/mol. The molecule has 2 heterocycles. The van der Waals surface area contributed by atoms with Crippen molar-refractivity contribution in [3.8, 4) is 0 Å². The Morgan fingerprint density at radius 2 is 2.37 bits per heavy atom. The number of carboxylic acid groups (broad SMARTS) is 1. The molecule has 0 amide bonds. The lowest BCUT2D eigenvalue weighted by atomic mass is 10.1. The van der Waals surface area contributed by atoms with Crippen LogP contribution < -0.4 is 0 Å². The van der Waals surface area contributed by atoms with Gasteiger partial charge in [-0.3, -0.25) is 14.4 Å². The first-order valence-electron chi connectivity index (χ1n) is 6.20. The third-order valence-electron chi connectivity index (χ3n) is 3.37. The maximum atomic E-state index is 10.9. The fourth-order valence-electron chi connectivity index (χ4n) is 2.33. The fraction of sp³-hybridized carbons (Fsp3) is 0.667. The molecule has 1 unspecified atom stereocenters. The SMILES string of the molecule is Cc1nn(C)c(CN2CCOCC2CC(=O)O)c1Cl. The molecule has 1 fully saturated rings. The second kappa shape index (κ2) is 5.90. The van der Waals surface area contributed by atoms with Crippen molar-refractivity contribution in [3.05, 3.63) is 16.4 Å². The molecular weight excluding hydrogens is 270 g/mol. The number of rotatable bonds is 4. The smallest absolute Gasteiger partial charge is 0.305 e. The first-order valence-corrected chi connectivity index (χ1v) is 6.58. The van der Waals surface area contributed by atoms with Gasteiger partial charge in [-0.1, -0.05) is 11.6 Å². The molecule has 1 saturated heterocycles. The quantitative estimate of drug-likeness (QED) is 0.897. The molecule has 0 aromatic carbocycles. The number of ether oxygens (including phenoxy) is 1. The fourth-order valence-corrected chi connectivity index (χ4v) is 2.55. The zero-order valence-electron chi connectivity index (χ0n) is 11.1. The highest BCUT2D eigenvalue weighted by molar-refractivity contribution is 6.31. The van der Waals surface area contributed by atoms with Crippen molar-refractivity contribution in [2.45, 2.75) is 25.9 Å². The van der Waals surface area contributed by atoms with Crippen LogP contribution >= 0.6 is 11.6 Å². The Bertz CT molecular complexity index is 475. The number of hydrogen-bond acceptors (Lipinski definition) is 4. The molecule has 0 aliphatic carbocycles. The molecule has 0 saturated carbocycles. The van der Waals surface area contributed by atoms with Gasteiger partial charge >= 0.3 is 5.97 Å². The van der Waals surface area contributed by atoms with Gasteiger partial charge in [0.1, 0.15) is 0 Å². The van der Waals surface area contributed by atoms with Crippen LogP contribution in [0.5, 0.6) is 0 Å². The Labute approximate surface area is 116 Å². The van der Waals surface area contributed by atoms with Crippen molar-refractivity contribution in [1.82, 2.24) is 14.7 Å². The highest BCUT2D eigenvalue weighted by atomic mass is 35.5. The molecule has 1 aromatic rings. The normalized spacial score (nSPS) is 20.7. The van der Waals surface area contributed by atoms with E-state index < -0.39 is 5.97 Å². The van der Waals surface area contributed by atoms with Gasteiger partial charge in [0, 0.05) is 26.2 Å². The van der Waals surface area contributed by atoms with Gasteiger partial charge in [-0.2, -0.15) is 5.10 Å². The van der Waals surface area contributed by atoms with Crippen LogP contribution in [0.1, 0.15) is 17.8 Å². The van der Waals surface area contributed by atoms with Crippen molar-refractivity contribution in [2.24, 2.45) is 7.05 Å². The summed E-state index contributed by atoms with van der Waals surface area (Å²) in [6.07, 6.45) is 0.0778. The van der Waals surface area contributed by atoms with Crippen molar-refractivity contribution < 1.29 is 14.6 Å². The summed E-state index contributed by atoms with van der Waals surface area (Å²) in [5.41, 5.74) is 1.71. The van der Waals surface area contributed by atoms with E-state index in [1.807, 2.05) is 14.0 Å². The first-order chi connectivity index (χ1) is 8.99. The van der Waals surface area contributed by atoms with E-state index in [4.69, 9.17) is 21.4 Å². The van der Waals surface area contributed by atoms with Gasteiger partial charge in [0.25, 0.3) is 0 Å². The molecule has 1 aliphatic rings. The molecule has 0 spiro atoms. The molecule has 7 heteroatoms. The van der Waals surface area contributed by atoms with E-state index in [0.717, 1.165) is 11.4 Å². The first kappa shape index (κ1) is 14.3. The summed E-state index contributed by atoms with van der Waals surface area (Å²) in [4.78, 5) is 13.0. The number of halogens is 1. The lowest BCUT2D eigenvalue weighted by Crippen LogP contribution is -2.46. The standard InChI is InChI=1S/C12H18ClN3O3/c1-8-12(13)10(15(2)14-8)6-16-3-4-19-7-9(16)5-11(17)18/h9H,3-7H2,1-2H3,(H,17,18). The van der Waals surface area contributed by atoms with E-state index in [2.05, 4.69) is 10.00 Å². The molecule has 1 aliphatic heterocycles. The van der Waals surface area contributed by atoms with Crippen LogP contribution in [0, 0.1) is 6.92 Å². The largest absolute Gasteiger partial charge is 0.481 e. The zero-order valence-corrected chi connectivity index (χ0v) is 11.9. The van der Waals surface area contributed by atoms with E-state index >= 15 is 0 Å². The van der Waals surface area contributed by atoms with Crippen LogP contribution in [0.15, 0.2) is 0 Å². The van der Waals surface area contributed by atoms with Crippen molar-refractivity contribution in [1.29, 1.82) is 0 Å². The monoisotopic (exact) mass is 287 g/mol. The van der Waals surface area contributed by atoms with Crippen molar-refractivity contribution in [2.75, 3.05) is 19.8 Å². The van der Waals surface area contributed by atoms with Crippen LogP contribution in [0.4, 0.5) is 0 Å². The molecule has 6 nitrogen and oxygen atoms in total. The Kier molecular flexibility index (Phi) is 4.44. The van der Waals surface area contributed by atoms with E-state index in [1.165, 1.54) is 0 Å². The number of aryl methyl sites for hydroxylation is 2. The second-order valence-corrected chi connectivity index (χ2v) is 5.14. The summed E-state index contributed by atoms with van der Waals surface area (Å²) >= 11 is 6.23. The van der Waals surface area contributed by atoms with Gasteiger partial charge < -0.3 is 9.84 Å². The van der Waals surface area contributed by atoms with Crippen LogP contribution in [0.25, 0.3) is 0 Å². The van der Waals surface area contributed by atoms with Gasteiger partial charge in [0.05, 0.1) is 36.0 Å². The highest BCUT2D eigenvalue weighted by Crippen LogP contribution is 2.23. The minimum absolute atomic E-state index is 0.0778. The van der Waals surface area contributed by atoms with E-state index in [-0.39, 0.29) is 12.5 Å². The van der Waals surface area contributed by atoms with Crippen LogP contribution in [0.2, 0.25) is 5.02 Å². The number of carboxylic acids is 1.